The smallest absolute Gasteiger partial charge is 0.323 e. The van der Waals surface area contributed by atoms with Crippen molar-refractivity contribution in [3.63, 3.8) is 0 Å². The zero-order valence-electron chi connectivity index (χ0n) is 13.3. The number of aromatic nitrogens is 2. The lowest BCUT2D eigenvalue weighted by atomic mass is 9.78. The molecule has 6 nitrogen and oxygen atoms in total. The molecule has 0 saturated carbocycles. The molecule has 7 heteroatoms. The van der Waals surface area contributed by atoms with Crippen molar-refractivity contribution in [3.05, 3.63) is 52.6 Å². The van der Waals surface area contributed by atoms with Gasteiger partial charge in [-0.1, -0.05) is 35.9 Å². The fourth-order valence-corrected chi connectivity index (χ4v) is 3.70. The van der Waals surface area contributed by atoms with Gasteiger partial charge in [-0.2, -0.15) is 0 Å². The van der Waals surface area contributed by atoms with Gasteiger partial charge in [0.05, 0.1) is 12.7 Å². The Morgan fingerprint density at radius 1 is 1.29 bits per heavy atom. The van der Waals surface area contributed by atoms with Crippen LogP contribution in [0.3, 0.4) is 0 Å². The van der Waals surface area contributed by atoms with Crippen LogP contribution in [0.15, 0.2) is 30.5 Å². The van der Waals surface area contributed by atoms with Crippen molar-refractivity contribution >= 4 is 23.5 Å². The average Bonchev–Trinajstić information content (AvgIpc) is 3.01. The molecule has 0 radical (unpaired) electrons. The highest BCUT2D eigenvalue weighted by Crippen LogP contribution is 2.34. The number of benzene rings is 1. The summed E-state index contributed by atoms with van der Waals surface area (Å²) in [5.74, 6) is 0.401. The van der Waals surface area contributed by atoms with Crippen LogP contribution in [0.1, 0.15) is 23.4 Å². The molecule has 1 atom stereocenters. The molecular weight excluding hydrogens is 328 g/mol. The average molecular weight is 345 g/mol. The van der Waals surface area contributed by atoms with E-state index in [1.807, 2.05) is 18.2 Å². The van der Waals surface area contributed by atoms with E-state index < -0.39 is 5.54 Å². The summed E-state index contributed by atoms with van der Waals surface area (Å²) >= 11 is 5.98. The molecule has 2 aromatic rings. The monoisotopic (exact) mass is 344 g/mol. The van der Waals surface area contributed by atoms with Crippen LogP contribution in [-0.2, 0) is 31.2 Å². The van der Waals surface area contributed by atoms with E-state index in [1.54, 1.807) is 11.6 Å². The molecule has 1 aliphatic heterocycles. The van der Waals surface area contributed by atoms with Crippen molar-refractivity contribution in [1.82, 2.24) is 19.8 Å². The Balaban J connectivity index is 1.61. The standard InChI is InChI=1S/C17H17ClN4O2/c1-21-13(18)9-19-14(21)10-22-15(23)17(20-16(22)24)7-6-11-4-2-3-5-12(11)8-17/h2-5,9H,6-8,10H2,1H3,(H,20,24). The maximum absolute atomic E-state index is 13.0. The molecule has 3 amide bonds. The lowest BCUT2D eigenvalue weighted by molar-refractivity contribution is -0.132. The largest absolute Gasteiger partial charge is 0.325 e. The number of amides is 3. The molecule has 1 aromatic carbocycles. The molecule has 1 aliphatic carbocycles. The molecule has 1 saturated heterocycles. The third kappa shape index (κ3) is 2.21. The van der Waals surface area contributed by atoms with Crippen LogP contribution >= 0.6 is 11.6 Å². The van der Waals surface area contributed by atoms with Gasteiger partial charge >= 0.3 is 6.03 Å². The first kappa shape index (κ1) is 15.2. The fraction of sp³-hybridized carbons (Fsp3) is 0.353. The summed E-state index contributed by atoms with van der Waals surface area (Å²) in [7, 11) is 1.76. The summed E-state index contributed by atoms with van der Waals surface area (Å²) in [6.45, 7) is 0.122. The number of carbonyl (C=O) groups excluding carboxylic acids is 2. The van der Waals surface area contributed by atoms with Gasteiger partial charge in [0.15, 0.2) is 0 Å². The first-order chi connectivity index (χ1) is 11.5. The van der Waals surface area contributed by atoms with Gasteiger partial charge in [0.25, 0.3) is 5.91 Å². The van der Waals surface area contributed by atoms with Gasteiger partial charge in [-0.15, -0.1) is 0 Å². The van der Waals surface area contributed by atoms with Crippen molar-refractivity contribution in [1.29, 1.82) is 0 Å². The third-order valence-electron chi connectivity index (χ3n) is 5.00. The van der Waals surface area contributed by atoms with Gasteiger partial charge in [-0.3, -0.25) is 9.69 Å². The first-order valence-electron chi connectivity index (χ1n) is 7.87. The molecule has 1 unspecified atom stereocenters. The van der Waals surface area contributed by atoms with E-state index >= 15 is 0 Å². The van der Waals surface area contributed by atoms with Crippen LogP contribution in [0, 0.1) is 0 Å². The Hall–Kier alpha value is -2.34. The maximum Gasteiger partial charge on any atom is 0.325 e. The Bertz CT molecular complexity index is 847. The quantitative estimate of drug-likeness (QED) is 0.848. The zero-order valence-corrected chi connectivity index (χ0v) is 14.0. The molecule has 1 aromatic heterocycles. The van der Waals surface area contributed by atoms with Crippen molar-refractivity contribution in [2.75, 3.05) is 0 Å². The molecule has 24 heavy (non-hydrogen) atoms. The number of aryl methyl sites for hydroxylation is 1. The van der Waals surface area contributed by atoms with Crippen LogP contribution in [0.5, 0.6) is 0 Å². The number of fused-ring (bicyclic) bond motifs is 1. The topological polar surface area (TPSA) is 67.2 Å². The second kappa shape index (κ2) is 5.34. The number of hydrogen-bond acceptors (Lipinski definition) is 3. The lowest BCUT2D eigenvalue weighted by Crippen LogP contribution is -2.51. The minimum absolute atomic E-state index is 0.122. The van der Waals surface area contributed by atoms with Gasteiger partial charge in [0.1, 0.15) is 16.5 Å². The number of rotatable bonds is 2. The number of nitrogens with zero attached hydrogens (tertiary/aromatic N) is 3. The molecular formula is C17H17ClN4O2. The summed E-state index contributed by atoms with van der Waals surface area (Å²) in [5, 5.41) is 3.39. The predicted molar refractivity (Wildman–Crippen MR) is 88.5 cm³/mol. The van der Waals surface area contributed by atoms with Crippen molar-refractivity contribution in [3.8, 4) is 0 Å². The number of urea groups is 1. The molecule has 4 rings (SSSR count). The number of carbonyl (C=O) groups is 2. The first-order valence-corrected chi connectivity index (χ1v) is 8.25. The summed E-state index contributed by atoms with van der Waals surface area (Å²) in [5.41, 5.74) is 1.54. The van der Waals surface area contributed by atoms with Crippen LogP contribution < -0.4 is 5.32 Å². The minimum atomic E-state index is -0.833. The van der Waals surface area contributed by atoms with Gasteiger partial charge < -0.3 is 9.88 Å². The molecule has 1 N–H and O–H groups in total. The molecule has 0 bridgehead atoms. The van der Waals surface area contributed by atoms with Crippen molar-refractivity contribution < 1.29 is 9.59 Å². The highest BCUT2D eigenvalue weighted by atomic mass is 35.5. The van der Waals surface area contributed by atoms with Gasteiger partial charge in [-0.25, -0.2) is 9.78 Å². The van der Waals surface area contributed by atoms with E-state index in [-0.39, 0.29) is 18.5 Å². The number of imide groups is 1. The van der Waals surface area contributed by atoms with Gasteiger partial charge in [0, 0.05) is 13.5 Å². The Labute approximate surface area is 144 Å². The van der Waals surface area contributed by atoms with E-state index in [9.17, 15) is 9.59 Å². The third-order valence-corrected chi connectivity index (χ3v) is 5.36. The number of halogens is 1. The van der Waals surface area contributed by atoms with Crippen LogP contribution in [-0.4, -0.2) is 31.9 Å². The molecule has 2 aliphatic rings. The second-order valence-corrected chi connectivity index (χ2v) is 6.79. The highest BCUT2D eigenvalue weighted by Gasteiger charge is 2.52. The lowest BCUT2D eigenvalue weighted by Gasteiger charge is -2.32. The van der Waals surface area contributed by atoms with Crippen LogP contribution in [0.2, 0.25) is 5.15 Å². The SMILES string of the molecule is Cn1c(Cl)cnc1CN1C(=O)NC2(CCc3ccccc3C2)C1=O. The highest BCUT2D eigenvalue weighted by molar-refractivity contribution is 6.29. The zero-order chi connectivity index (χ0) is 16.9. The molecule has 1 spiro atoms. The van der Waals surface area contributed by atoms with E-state index in [2.05, 4.69) is 16.4 Å². The molecule has 124 valence electrons. The molecule has 1 fully saturated rings. The summed E-state index contributed by atoms with van der Waals surface area (Å²) in [6, 6.07) is 7.71. The Morgan fingerprint density at radius 2 is 2.04 bits per heavy atom. The summed E-state index contributed by atoms with van der Waals surface area (Å²) in [4.78, 5) is 30.8. The van der Waals surface area contributed by atoms with Gasteiger partial charge in [-0.05, 0) is 24.0 Å². The minimum Gasteiger partial charge on any atom is -0.323 e. The Kier molecular flexibility index (Phi) is 3.38. The van der Waals surface area contributed by atoms with Crippen LogP contribution in [0.25, 0.3) is 0 Å². The molecule has 2 heterocycles. The van der Waals surface area contributed by atoms with E-state index in [4.69, 9.17) is 11.6 Å². The van der Waals surface area contributed by atoms with Crippen molar-refractivity contribution in [2.45, 2.75) is 31.3 Å². The normalized spacial score (nSPS) is 22.8. The maximum atomic E-state index is 13.0. The van der Waals surface area contributed by atoms with Crippen LogP contribution in [0.4, 0.5) is 4.79 Å². The van der Waals surface area contributed by atoms with Gasteiger partial charge in [0.2, 0.25) is 0 Å². The van der Waals surface area contributed by atoms with Crippen molar-refractivity contribution in [2.24, 2.45) is 7.05 Å². The van der Waals surface area contributed by atoms with E-state index in [0.29, 0.717) is 23.8 Å². The number of imidazole rings is 1. The van der Waals surface area contributed by atoms with E-state index in [1.165, 1.54) is 16.7 Å². The Morgan fingerprint density at radius 3 is 2.75 bits per heavy atom. The summed E-state index contributed by atoms with van der Waals surface area (Å²) < 4.78 is 1.67. The number of nitrogens with one attached hydrogen (secondary N) is 1. The number of hydrogen-bond donors (Lipinski definition) is 1. The second-order valence-electron chi connectivity index (χ2n) is 6.41. The predicted octanol–water partition coefficient (Wildman–Crippen LogP) is 2.05. The summed E-state index contributed by atoms with van der Waals surface area (Å²) in [6.07, 6.45) is 3.45. The fourth-order valence-electron chi connectivity index (χ4n) is 3.56. The van der Waals surface area contributed by atoms with E-state index in [0.717, 1.165) is 12.0 Å².